The number of carbonyl (C=O) groups is 1. The molecule has 0 saturated carbocycles. The van der Waals surface area contributed by atoms with E-state index >= 15 is 0 Å². The zero-order valence-corrected chi connectivity index (χ0v) is 23.5. The summed E-state index contributed by atoms with van der Waals surface area (Å²) in [5, 5.41) is 1.53. The van der Waals surface area contributed by atoms with Gasteiger partial charge in [0.1, 0.15) is 11.4 Å². The summed E-state index contributed by atoms with van der Waals surface area (Å²) >= 11 is 3.61. The van der Waals surface area contributed by atoms with Gasteiger partial charge in [0, 0.05) is 30.9 Å². The van der Waals surface area contributed by atoms with Crippen LogP contribution in [0.4, 0.5) is 0 Å². The van der Waals surface area contributed by atoms with Crippen molar-refractivity contribution in [2.24, 2.45) is 0 Å². The largest absolute Gasteiger partial charge is 0.496 e. The number of thiophene rings is 1. The maximum atomic E-state index is 12.0. The van der Waals surface area contributed by atoms with Gasteiger partial charge < -0.3 is 9.47 Å². The van der Waals surface area contributed by atoms with E-state index in [0.717, 1.165) is 24.2 Å². The molecule has 0 aliphatic heterocycles. The minimum atomic E-state index is -0.540. The van der Waals surface area contributed by atoms with Crippen LogP contribution in [-0.2, 0) is 16.0 Å². The molecule has 1 unspecified atom stereocenters. The van der Waals surface area contributed by atoms with Gasteiger partial charge in [0.05, 0.1) is 7.11 Å². The Morgan fingerprint density at radius 2 is 1.91 bits per heavy atom. The van der Waals surface area contributed by atoms with Gasteiger partial charge in [-0.2, -0.15) is 0 Å². The van der Waals surface area contributed by atoms with Crippen molar-refractivity contribution in [2.75, 3.05) is 7.11 Å². The molecule has 1 atom stereocenters. The summed E-state index contributed by atoms with van der Waals surface area (Å²) in [5.74, 6) is 0.615. The molecule has 0 fully saturated rings. The average molecular weight is 511 g/mol. The maximum Gasteiger partial charge on any atom is 0.333 e. The molecular formula is C30H38O3S2. The van der Waals surface area contributed by atoms with E-state index in [1.807, 2.05) is 25.6 Å². The van der Waals surface area contributed by atoms with E-state index in [1.165, 1.54) is 44.7 Å². The Bertz CT molecular complexity index is 1180. The fourth-order valence-corrected chi connectivity index (χ4v) is 6.73. The molecule has 1 heterocycles. The van der Waals surface area contributed by atoms with Gasteiger partial charge in [-0.05, 0) is 81.3 Å². The van der Waals surface area contributed by atoms with Crippen molar-refractivity contribution in [1.82, 2.24) is 0 Å². The van der Waals surface area contributed by atoms with Gasteiger partial charge in [-0.3, -0.25) is 0 Å². The van der Waals surface area contributed by atoms with Gasteiger partial charge in [0.25, 0.3) is 0 Å². The molecule has 5 heteroatoms. The van der Waals surface area contributed by atoms with Gasteiger partial charge in [-0.15, -0.1) is 23.1 Å². The van der Waals surface area contributed by atoms with E-state index in [9.17, 15) is 4.79 Å². The lowest BCUT2D eigenvalue weighted by Crippen LogP contribution is -2.31. The molecule has 1 aromatic heterocycles. The molecule has 3 nitrogen and oxygen atoms in total. The zero-order chi connectivity index (χ0) is 25.6. The maximum absolute atomic E-state index is 12.0. The summed E-state index contributed by atoms with van der Waals surface area (Å²) in [6, 6.07) is 15.5. The fourth-order valence-electron chi connectivity index (χ4n) is 4.24. The van der Waals surface area contributed by atoms with Gasteiger partial charge in [0.15, 0.2) is 0 Å². The van der Waals surface area contributed by atoms with E-state index < -0.39 is 5.60 Å². The Hall–Kier alpha value is -2.24. The first-order valence-corrected chi connectivity index (χ1v) is 14.1. The minimum Gasteiger partial charge on any atom is -0.496 e. The van der Waals surface area contributed by atoms with Crippen molar-refractivity contribution < 1.29 is 14.3 Å². The highest BCUT2D eigenvalue weighted by Gasteiger charge is 2.26. The van der Waals surface area contributed by atoms with Crippen LogP contribution in [0.2, 0.25) is 0 Å². The highest BCUT2D eigenvalue weighted by molar-refractivity contribution is 8.00. The zero-order valence-electron chi connectivity index (χ0n) is 21.9. The average Bonchev–Trinajstić information content (AvgIpc) is 3.21. The molecular weight excluding hydrogens is 472 g/mol. The minimum absolute atomic E-state index is 0.292. The third-order valence-corrected chi connectivity index (χ3v) is 8.15. The number of methoxy groups -OCH3 is 1. The number of hydrogen-bond acceptors (Lipinski definition) is 5. The Labute approximate surface area is 218 Å². The topological polar surface area (TPSA) is 35.5 Å². The summed E-state index contributed by atoms with van der Waals surface area (Å²) in [7, 11) is 1.76. The summed E-state index contributed by atoms with van der Waals surface area (Å²) in [4.78, 5) is 14.4. The molecule has 0 bridgehead atoms. The Morgan fingerprint density at radius 1 is 1.14 bits per heavy atom. The molecule has 0 radical (unpaired) electrons. The lowest BCUT2D eigenvalue weighted by Gasteiger charge is -2.28. The van der Waals surface area contributed by atoms with Gasteiger partial charge in [-0.1, -0.05) is 45.4 Å². The highest BCUT2D eigenvalue weighted by atomic mass is 32.2. The molecule has 0 aliphatic rings. The van der Waals surface area contributed by atoms with Gasteiger partial charge in [-0.25, -0.2) is 4.79 Å². The first-order valence-electron chi connectivity index (χ1n) is 12.4. The summed E-state index contributed by atoms with van der Waals surface area (Å²) in [6.07, 6.45) is 5.56. The van der Waals surface area contributed by atoms with Crippen LogP contribution in [0.15, 0.2) is 59.5 Å². The van der Waals surface area contributed by atoms with E-state index in [-0.39, 0.29) is 5.97 Å². The van der Waals surface area contributed by atoms with E-state index in [2.05, 4.69) is 62.9 Å². The quantitative estimate of drug-likeness (QED) is 0.105. The summed E-state index contributed by atoms with van der Waals surface area (Å²) in [6.45, 7) is 13.7. The van der Waals surface area contributed by atoms with Crippen LogP contribution in [0.5, 0.6) is 5.75 Å². The molecule has 0 amide bonds. The third-order valence-electron chi connectivity index (χ3n) is 5.93. The second-order valence-corrected chi connectivity index (χ2v) is 12.5. The first-order chi connectivity index (χ1) is 16.6. The van der Waals surface area contributed by atoms with Crippen LogP contribution < -0.4 is 4.74 Å². The number of carbonyl (C=O) groups excluding carboxylic acids is 1. The highest BCUT2D eigenvalue weighted by Crippen LogP contribution is 2.41. The Balaban J connectivity index is 1.74. The van der Waals surface area contributed by atoms with Crippen molar-refractivity contribution in [3.8, 4) is 16.2 Å². The summed E-state index contributed by atoms with van der Waals surface area (Å²) in [5.41, 5.74) is 2.38. The second kappa shape index (κ2) is 12.1. The smallest absolute Gasteiger partial charge is 0.333 e. The van der Waals surface area contributed by atoms with Crippen molar-refractivity contribution in [3.63, 3.8) is 0 Å². The number of thioether (sulfide) groups is 1. The van der Waals surface area contributed by atoms with E-state index in [4.69, 9.17) is 9.47 Å². The van der Waals surface area contributed by atoms with Gasteiger partial charge in [0.2, 0.25) is 0 Å². The SMILES string of the molecule is C=C(C)C(=O)OC(C)(C)CC(C)Sc1ccc2cc(-c3ccc(CCCCC)cc3OC)sc2c1. The number of fused-ring (bicyclic) bond motifs is 1. The molecule has 3 aromatic rings. The van der Waals surface area contributed by atoms with E-state index in [0.29, 0.717) is 10.8 Å². The first kappa shape index (κ1) is 27.3. The normalized spacial score (nSPS) is 12.5. The lowest BCUT2D eigenvalue weighted by molar-refractivity contribution is -0.151. The number of benzene rings is 2. The molecule has 0 N–H and O–H groups in total. The number of aryl methyl sites for hydroxylation is 1. The number of rotatable bonds is 12. The second-order valence-electron chi connectivity index (χ2n) is 9.86. The molecule has 0 saturated heterocycles. The number of unbranched alkanes of at least 4 members (excludes halogenated alkanes) is 2. The van der Waals surface area contributed by atoms with Gasteiger partial charge >= 0.3 is 5.97 Å². The van der Waals surface area contributed by atoms with Crippen molar-refractivity contribution in [3.05, 3.63) is 60.2 Å². The van der Waals surface area contributed by atoms with Crippen LogP contribution in [0.3, 0.4) is 0 Å². The molecule has 0 aliphatic carbocycles. The molecule has 2 aromatic carbocycles. The molecule has 0 spiro atoms. The Kier molecular flexibility index (Phi) is 9.48. The predicted molar refractivity (Wildman–Crippen MR) is 152 cm³/mol. The Morgan fingerprint density at radius 3 is 2.60 bits per heavy atom. The van der Waals surface area contributed by atoms with Crippen molar-refractivity contribution in [1.29, 1.82) is 0 Å². The van der Waals surface area contributed by atoms with E-state index in [1.54, 1.807) is 25.4 Å². The lowest BCUT2D eigenvalue weighted by atomic mass is 10.0. The molecule has 3 rings (SSSR count). The molecule has 188 valence electrons. The van der Waals surface area contributed by atoms with Crippen LogP contribution >= 0.6 is 23.1 Å². The third kappa shape index (κ3) is 7.62. The van der Waals surface area contributed by atoms with Crippen LogP contribution in [0.25, 0.3) is 20.5 Å². The number of esters is 1. The predicted octanol–water partition coefficient (Wildman–Crippen LogP) is 9.08. The summed E-state index contributed by atoms with van der Waals surface area (Å²) < 4.78 is 12.7. The fraction of sp³-hybridized carbons (Fsp3) is 0.433. The monoisotopic (exact) mass is 510 g/mol. The van der Waals surface area contributed by atoms with Crippen molar-refractivity contribution >= 4 is 39.2 Å². The van der Waals surface area contributed by atoms with Crippen LogP contribution in [-0.4, -0.2) is 23.9 Å². The number of hydrogen-bond donors (Lipinski definition) is 0. The molecule has 35 heavy (non-hydrogen) atoms. The van der Waals surface area contributed by atoms with Crippen LogP contribution in [0.1, 0.15) is 65.9 Å². The van der Waals surface area contributed by atoms with Crippen molar-refractivity contribution in [2.45, 2.75) is 82.5 Å². The number of ether oxygens (including phenoxy) is 2. The van der Waals surface area contributed by atoms with Crippen LogP contribution in [0, 0.1) is 0 Å². The standard InChI is InChI=1S/C30H38O3S2/c1-8-9-10-11-22-12-15-25(26(16-22)32-7)28-17-23-13-14-24(18-27(23)35-28)34-21(4)19-30(5,6)33-29(31)20(2)3/h12-18,21H,2,8-11,19H2,1,3-7H3.